The minimum absolute atomic E-state index is 0.00988. The van der Waals surface area contributed by atoms with Crippen molar-refractivity contribution in [1.29, 1.82) is 0 Å². The number of hydrogen-bond acceptors (Lipinski definition) is 3. The molecular formula is C7H10F2O4. The topological polar surface area (TPSA) is 66.8 Å². The summed E-state index contributed by atoms with van der Waals surface area (Å²) in [5, 5.41) is 17.2. The van der Waals surface area contributed by atoms with E-state index in [-0.39, 0.29) is 19.6 Å². The number of carboxylic acid groups (broad SMARTS) is 1. The molecule has 13 heavy (non-hydrogen) atoms. The predicted octanol–water partition coefficient (Wildman–Crippen LogP) is 0.104. The summed E-state index contributed by atoms with van der Waals surface area (Å²) in [5.41, 5.74) is 0. The summed E-state index contributed by atoms with van der Waals surface area (Å²) in [7, 11) is 0. The van der Waals surface area contributed by atoms with Gasteiger partial charge < -0.3 is 14.9 Å². The molecule has 0 aromatic rings. The quantitative estimate of drug-likeness (QED) is 0.672. The molecule has 2 atom stereocenters. The number of ether oxygens (including phenoxy) is 1. The highest BCUT2D eigenvalue weighted by Crippen LogP contribution is 2.29. The number of halogens is 2. The van der Waals surface area contributed by atoms with Gasteiger partial charge in [0.2, 0.25) is 0 Å². The summed E-state index contributed by atoms with van der Waals surface area (Å²) in [6.45, 7) is 0.279. The molecule has 2 N–H and O–H groups in total. The molecule has 0 saturated carbocycles. The van der Waals surface area contributed by atoms with Crippen molar-refractivity contribution < 1.29 is 28.5 Å². The van der Waals surface area contributed by atoms with Gasteiger partial charge in [0.25, 0.3) is 0 Å². The molecule has 0 amide bonds. The van der Waals surface area contributed by atoms with Crippen LogP contribution in [-0.2, 0) is 9.53 Å². The molecule has 0 aromatic heterocycles. The SMILES string of the molecule is O=C(O)C(F)(F)C(O)C1CCOC1. The minimum atomic E-state index is -4.08. The van der Waals surface area contributed by atoms with E-state index in [1.165, 1.54) is 0 Å². The Morgan fingerprint density at radius 2 is 2.23 bits per heavy atom. The predicted molar refractivity (Wildman–Crippen MR) is 37.5 cm³/mol. The van der Waals surface area contributed by atoms with Gasteiger partial charge in [-0.15, -0.1) is 0 Å². The Kier molecular flexibility index (Phi) is 2.82. The summed E-state index contributed by atoms with van der Waals surface area (Å²) in [6, 6.07) is 0. The molecule has 1 heterocycles. The maximum absolute atomic E-state index is 12.7. The Morgan fingerprint density at radius 3 is 2.62 bits per heavy atom. The number of hydrogen-bond donors (Lipinski definition) is 2. The van der Waals surface area contributed by atoms with Crippen LogP contribution in [0.1, 0.15) is 6.42 Å². The summed E-state index contributed by atoms with van der Waals surface area (Å²) in [6.07, 6.45) is -1.89. The van der Waals surface area contributed by atoms with Gasteiger partial charge in [0, 0.05) is 12.5 Å². The van der Waals surface area contributed by atoms with Gasteiger partial charge in [0.05, 0.1) is 6.61 Å². The van der Waals surface area contributed by atoms with Crippen LogP contribution in [0.25, 0.3) is 0 Å². The second-order valence-corrected chi connectivity index (χ2v) is 3.00. The molecule has 1 saturated heterocycles. The van der Waals surface area contributed by atoms with Crippen LogP contribution in [0.3, 0.4) is 0 Å². The largest absolute Gasteiger partial charge is 0.477 e. The van der Waals surface area contributed by atoms with Crippen LogP contribution in [0, 0.1) is 5.92 Å². The molecule has 1 aliphatic heterocycles. The van der Waals surface area contributed by atoms with Crippen LogP contribution >= 0.6 is 0 Å². The van der Waals surface area contributed by atoms with Gasteiger partial charge in [-0.2, -0.15) is 8.78 Å². The Bertz CT molecular complexity index is 201. The number of aliphatic hydroxyl groups excluding tert-OH is 1. The van der Waals surface area contributed by atoms with Gasteiger partial charge >= 0.3 is 11.9 Å². The maximum Gasteiger partial charge on any atom is 0.377 e. The molecule has 0 radical (unpaired) electrons. The van der Waals surface area contributed by atoms with Crippen LogP contribution in [0.15, 0.2) is 0 Å². The van der Waals surface area contributed by atoms with E-state index in [1.54, 1.807) is 0 Å². The molecule has 76 valence electrons. The van der Waals surface area contributed by atoms with Gasteiger partial charge in [0.15, 0.2) is 0 Å². The lowest BCUT2D eigenvalue weighted by Gasteiger charge is -2.22. The molecule has 2 unspecified atom stereocenters. The summed E-state index contributed by atoms with van der Waals surface area (Å²) >= 11 is 0. The Hall–Kier alpha value is -0.750. The zero-order valence-electron chi connectivity index (χ0n) is 6.74. The third kappa shape index (κ3) is 1.94. The molecule has 1 fully saturated rings. The van der Waals surface area contributed by atoms with Crippen molar-refractivity contribution in [3.8, 4) is 0 Å². The van der Waals surface area contributed by atoms with Crippen molar-refractivity contribution in [3.05, 3.63) is 0 Å². The highest BCUT2D eigenvalue weighted by Gasteiger charge is 2.50. The fraction of sp³-hybridized carbons (Fsp3) is 0.857. The number of alkyl halides is 2. The minimum Gasteiger partial charge on any atom is -0.477 e. The highest BCUT2D eigenvalue weighted by molar-refractivity contribution is 5.76. The van der Waals surface area contributed by atoms with Crippen molar-refractivity contribution in [2.75, 3.05) is 13.2 Å². The van der Waals surface area contributed by atoms with Gasteiger partial charge in [-0.3, -0.25) is 0 Å². The fourth-order valence-electron chi connectivity index (χ4n) is 1.22. The van der Waals surface area contributed by atoms with E-state index >= 15 is 0 Å². The van der Waals surface area contributed by atoms with Crippen molar-refractivity contribution in [2.45, 2.75) is 18.4 Å². The van der Waals surface area contributed by atoms with Crippen LogP contribution in [0.4, 0.5) is 8.78 Å². The summed E-state index contributed by atoms with van der Waals surface area (Å²) in [4.78, 5) is 10.1. The molecule has 0 aromatic carbocycles. The second-order valence-electron chi connectivity index (χ2n) is 3.00. The second kappa shape index (κ2) is 3.55. The smallest absolute Gasteiger partial charge is 0.377 e. The van der Waals surface area contributed by atoms with Crippen molar-refractivity contribution >= 4 is 5.97 Å². The van der Waals surface area contributed by atoms with Crippen molar-refractivity contribution in [2.24, 2.45) is 5.92 Å². The zero-order valence-corrected chi connectivity index (χ0v) is 6.74. The van der Waals surface area contributed by atoms with E-state index in [9.17, 15) is 13.6 Å². The van der Waals surface area contributed by atoms with E-state index < -0.39 is 23.9 Å². The first-order valence-corrected chi connectivity index (χ1v) is 3.83. The van der Waals surface area contributed by atoms with E-state index in [1.807, 2.05) is 0 Å². The lowest BCUT2D eigenvalue weighted by Crippen LogP contribution is -2.45. The maximum atomic E-state index is 12.7. The lowest BCUT2D eigenvalue weighted by molar-refractivity contribution is -0.187. The fourth-order valence-corrected chi connectivity index (χ4v) is 1.22. The lowest BCUT2D eigenvalue weighted by atomic mass is 9.96. The zero-order chi connectivity index (χ0) is 10.1. The number of rotatable bonds is 3. The van der Waals surface area contributed by atoms with Crippen molar-refractivity contribution in [1.82, 2.24) is 0 Å². The normalized spacial score (nSPS) is 25.9. The molecule has 4 nitrogen and oxygen atoms in total. The van der Waals surface area contributed by atoms with Gasteiger partial charge in [-0.1, -0.05) is 0 Å². The Balaban J connectivity index is 2.64. The number of carboxylic acids is 1. The first-order valence-electron chi connectivity index (χ1n) is 3.83. The van der Waals surface area contributed by atoms with E-state index in [0.717, 1.165) is 0 Å². The first kappa shape index (κ1) is 10.3. The monoisotopic (exact) mass is 196 g/mol. The number of aliphatic carboxylic acids is 1. The Morgan fingerprint density at radius 1 is 1.62 bits per heavy atom. The standard InChI is InChI=1S/C7H10F2O4/c8-7(9,6(11)12)5(10)4-1-2-13-3-4/h4-5,10H,1-3H2,(H,11,12). The molecule has 0 spiro atoms. The van der Waals surface area contributed by atoms with Gasteiger partial charge in [-0.25, -0.2) is 4.79 Å². The molecule has 6 heteroatoms. The van der Waals surface area contributed by atoms with Gasteiger partial charge in [0.1, 0.15) is 6.10 Å². The highest BCUT2D eigenvalue weighted by atomic mass is 19.3. The summed E-state index contributed by atoms with van der Waals surface area (Å²) in [5.74, 6) is -7.17. The molecule has 1 rings (SSSR count). The molecule has 0 aliphatic carbocycles. The van der Waals surface area contributed by atoms with Crippen LogP contribution in [-0.4, -0.2) is 41.4 Å². The van der Waals surface area contributed by atoms with Crippen LogP contribution in [0.5, 0.6) is 0 Å². The van der Waals surface area contributed by atoms with E-state index in [0.29, 0.717) is 0 Å². The van der Waals surface area contributed by atoms with E-state index in [2.05, 4.69) is 0 Å². The van der Waals surface area contributed by atoms with Crippen LogP contribution < -0.4 is 0 Å². The number of carbonyl (C=O) groups is 1. The summed E-state index contributed by atoms with van der Waals surface area (Å²) < 4.78 is 30.1. The molecule has 0 bridgehead atoms. The van der Waals surface area contributed by atoms with Gasteiger partial charge in [-0.05, 0) is 6.42 Å². The third-order valence-corrected chi connectivity index (χ3v) is 2.07. The average Bonchev–Trinajstić information content (AvgIpc) is 2.54. The average molecular weight is 196 g/mol. The van der Waals surface area contributed by atoms with Crippen LogP contribution in [0.2, 0.25) is 0 Å². The molecular weight excluding hydrogens is 186 g/mol. The number of aliphatic hydroxyl groups is 1. The third-order valence-electron chi connectivity index (χ3n) is 2.07. The first-order chi connectivity index (χ1) is 5.96. The molecule has 1 aliphatic rings. The van der Waals surface area contributed by atoms with E-state index in [4.69, 9.17) is 14.9 Å². The van der Waals surface area contributed by atoms with Crippen molar-refractivity contribution in [3.63, 3.8) is 0 Å². The Labute approximate surface area is 73.1 Å².